The van der Waals surface area contributed by atoms with Crippen molar-refractivity contribution < 1.29 is 4.74 Å². The first-order valence-electron chi connectivity index (χ1n) is 13.5. The van der Waals surface area contributed by atoms with E-state index in [1.54, 1.807) is 0 Å². The summed E-state index contributed by atoms with van der Waals surface area (Å²) in [6, 6.07) is 33.5. The zero-order valence-corrected chi connectivity index (χ0v) is 21.8. The van der Waals surface area contributed by atoms with Crippen molar-refractivity contribution in [3.63, 3.8) is 0 Å². The van der Waals surface area contributed by atoms with Gasteiger partial charge in [-0.15, -0.1) is 0 Å². The van der Waals surface area contributed by atoms with Crippen molar-refractivity contribution in [2.75, 3.05) is 0 Å². The summed E-state index contributed by atoms with van der Waals surface area (Å²) in [4.78, 5) is 14.0. The highest BCUT2D eigenvalue weighted by molar-refractivity contribution is 6.13. The second-order valence-corrected chi connectivity index (χ2v) is 10.2. The third-order valence-electron chi connectivity index (χ3n) is 7.94. The van der Waals surface area contributed by atoms with Gasteiger partial charge in [0.2, 0.25) is 0 Å². The lowest BCUT2D eigenvalue weighted by atomic mass is 9.99. The Balaban J connectivity index is 1.20. The maximum absolute atomic E-state index is 6.47. The van der Waals surface area contributed by atoms with Crippen LogP contribution in [-0.2, 0) is 0 Å². The lowest BCUT2D eigenvalue weighted by Crippen LogP contribution is -1.94. The number of fused-ring (bicyclic) bond motifs is 12. The lowest BCUT2D eigenvalue weighted by molar-refractivity contribution is 0.484. The molecule has 5 heterocycles. The van der Waals surface area contributed by atoms with E-state index in [-0.39, 0.29) is 0 Å². The van der Waals surface area contributed by atoms with E-state index in [0.29, 0.717) is 0 Å². The number of hydrogen-bond acceptors (Lipinski definition) is 4. The van der Waals surface area contributed by atoms with Crippen LogP contribution in [0.3, 0.4) is 0 Å². The summed E-state index contributed by atoms with van der Waals surface area (Å²) in [6.07, 6.45) is 9.49. The summed E-state index contributed by atoms with van der Waals surface area (Å²) in [5.41, 5.74) is 7.25. The van der Waals surface area contributed by atoms with Gasteiger partial charge >= 0.3 is 0 Å². The zero-order chi connectivity index (χ0) is 26.9. The topological polar surface area (TPSA) is 56.7 Å². The average molecular weight is 528 g/mol. The molecule has 0 bridgehead atoms. The number of imidazole rings is 2. The molecule has 6 nitrogen and oxygen atoms in total. The van der Waals surface area contributed by atoms with E-state index in [9.17, 15) is 0 Å². The Hall–Kier alpha value is -5.75. The molecule has 41 heavy (non-hydrogen) atoms. The first-order valence-corrected chi connectivity index (χ1v) is 13.5. The van der Waals surface area contributed by atoms with Crippen LogP contribution < -0.4 is 4.74 Å². The predicted octanol–water partition coefficient (Wildman–Crippen LogP) is 8.45. The Morgan fingerprint density at radius 3 is 1.95 bits per heavy atom. The van der Waals surface area contributed by atoms with E-state index in [4.69, 9.17) is 9.72 Å². The van der Waals surface area contributed by atoms with Crippen LogP contribution in [0.1, 0.15) is 0 Å². The largest absolute Gasteiger partial charge is 0.457 e. The number of nitrogens with zero attached hydrogens (tertiary/aromatic N) is 5. The van der Waals surface area contributed by atoms with Crippen molar-refractivity contribution in [3.8, 4) is 22.6 Å². The van der Waals surface area contributed by atoms with E-state index in [2.05, 4.69) is 85.5 Å². The zero-order valence-electron chi connectivity index (χ0n) is 21.8. The molecule has 4 aromatic carbocycles. The summed E-state index contributed by atoms with van der Waals surface area (Å²) in [7, 11) is 0. The minimum Gasteiger partial charge on any atom is -0.457 e. The SMILES string of the molecule is c1ccc(-c2ccc3c(c2)c2ccc(Oc4ccc5c(c4)c4nccn4c4cccnc54)cc2c2nccn32)cc1. The number of rotatable bonds is 3. The smallest absolute Gasteiger partial charge is 0.145 e. The molecule has 0 aliphatic rings. The molecule has 0 aliphatic heterocycles. The fourth-order valence-corrected chi connectivity index (χ4v) is 6.09. The predicted molar refractivity (Wildman–Crippen MR) is 164 cm³/mol. The number of benzene rings is 4. The maximum Gasteiger partial charge on any atom is 0.145 e. The molecule has 0 amide bonds. The molecule has 192 valence electrons. The fraction of sp³-hybridized carbons (Fsp3) is 0. The van der Waals surface area contributed by atoms with Crippen LogP contribution in [-0.4, -0.2) is 23.8 Å². The van der Waals surface area contributed by atoms with E-state index >= 15 is 0 Å². The van der Waals surface area contributed by atoms with Gasteiger partial charge in [0.25, 0.3) is 0 Å². The van der Waals surface area contributed by atoms with Crippen molar-refractivity contribution in [2.24, 2.45) is 0 Å². The highest BCUT2D eigenvalue weighted by atomic mass is 16.5. The van der Waals surface area contributed by atoms with E-state index < -0.39 is 0 Å². The molecule has 0 aliphatic carbocycles. The van der Waals surface area contributed by atoms with Gasteiger partial charge in [0.1, 0.15) is 22.8 Å². The van der Waals surface area contributed by atoms with E-state index in [1.807, 2.05) is 61.3 Å². The monoisotopic (exact) mass is 527 g/mol. The summed E-state index contributed by atoms with van der Waals surface area (Å²) < 4.78 is 10.7. The van der Waals surface area contributed by atoms with Crippen molar-refractivity contribution >= 4 is 54.8 Å². The summed E-state index contributed by atoms with van der Waals surface area (Å²) >= 11 is 0. The molecule has 0 saturated heterocycles. The van der Waals surface area contributed by atoms with Crippen LogP contribution in [0.5, 0.6) is 11.5 Å². The van der Waals surface area contributed by atoms with Gasteiger partial charge in [0.15, 0.2) is 0 Å². The second-order valence-electron chi connectivity index (χ2n) is 10.2. The first-order chi connectivity index (χ1) is 20.3. The Morgan fingerprint density at radius 1 is 0.463 bits per heavy atom. The van der Waals surface area contributed by atoms with Crippen molar-refractivity contribution in [1.29, 1.82) is 0 Å². The Labute approximate surface area is 233 Å². The van der Waals surface area contributed by atoms with Gasteiger partial charge in [-0.1, -0.05) is 36.4 Å². The number of pyridine rings is 3. The van der Waals surface area contributed by atoms with Gasteiger partial charge in [-0.2, -0.15) is 0 Å². The van der Waals surface area contributed by atoms with Crippen LogP contribution in [0.4, 0.5) is 0 Å². The highest BCUT2D eigenvalue weighted by Crippen LogP contribution is 2.36. The minimum absolute atomic E-state index is 0.739. The highest BCUT2D eigenvalue weighted by Gasteiger charge is 2.14. The second kappa shape index (κ2) is 8.37. The van der Waals surface area contributed by atoms with Gasteiger partial charge in [-0.05, 0) is 77.2 Å². The summed E-state index contributed by atoms with van der Waals surface area (Å²) in [6.45, 7) is 0. The van der Waals surface area contributed by atoms with Crippen LogP contribution in [0.25, 0.3) is 65.9 Å². The molecule has 0 saturated carbocycles. The van der Waals surface area contributed by atoms with Crippen molar-refractivity contribution in [3.05, 3.63) is 128 Å². The normalized spacial score (nSPS) is 11.9. The summed E-state index contributed by atoms with van der Waals surface area (Å²) in [5, 5.41) is 5.39. The molecule has 0 spiro atoms. The van der Waals surface area contributed by atoms with Crippen LogP contribution in [0.2, 0.25) is 0 Å². The molecule has 0 unspecified atom stereocenters. The van der Waals surface area contributed by atoms with Gasteiger partial charge in [0.05, 0.1) is 16.6 Å². The van der Waals surface area contributed by atoms with Crippen LogP contribution in [0, 0.1) is 0 Å². The average Bonchev–Trinajstić information content (AvgIpc) is 3.73. The van der Waals surface area contributed by atoms with E-state index in [0.717, 1.165) is 60.9 Å². The van der Waals surface area contributed by atoms with Crippen molar-refractivity contribution in [1.82, 2.24) is 23.8 Å². The molecule has 0 N–H and O–H groups in total. The molecule has 9 rings (SSSR count). The third-order valence-corrected chi connectivity index (χ3v) is 7.94. The van der Waals surface area contributed by atoms with Crippen molar-refractivity contribution in [2.45, 2.75) is 0 Å². The molecule has 0 fully saturated rings. The van der Waals surface area contributed by atoms with Gasteiger partial charge in [-0.25, -0.2) is 9.97 Å². The Kier molecular flexibility index (Phi) is 4.51. The van der Waals surface area contributed by atoms with Gasteiger partial charge in [-0.3, -0.25) is 13.8 Å². The number of hydrogen-bond donors (Lipinski definition) is 0. The minimum atomic E-state index is 0.739. The molecule has 5 aromatic heterocycles. The lowest BCUT2D eigenvalue weighted by Gasteiger charge is -2.13. The fourth-order valence-electron chi connectivity index (χ4n) is 6.09. The molecule has 6 heteroatoms. The molecular weight excluding hydrogens is 506 g/mol. The Morgan fingerprint density at radius 2 is 1.17 bits per heavy atom. The number of aromatic nitrogens is 5. The first kappa shape index (κ1) is 22.1. The van der Waals surface area contributed by atoms with Gasteiger partial charge < -0.3 is 4.74 Å². The quantitative estimate of drug-likeness (QED) is 0.216. The molecule has 0 atom stereocenters. The third kappa shape index (κ3) is 3.28. The maximum atomic E-state index is 6.47. The van der Waals surface area contributed by atoms with Crippen LogP contribution >= 0.6 is 0 Å². The number of ether oxygens (including phenoxy) is 1. The Bertz CT molecular complexity index is 2460. The summed E-state index contributed by atoms with van der Waals surface area (Å²) in [5.74, 6) is 1.49. The molecule has 9 aromatic rings. The van der Waals surface area contributed by atoms with E-state index in [1.165, 1.54) is 16.5 Å². The molecule has 0 radical (unpaired) electrons. The molecular formula is C35H21N5O. The standard InChI is InChI=1S/C35H21N5O/c1-2-5-22(6-3-1)23-8-13-31-28(19-23)26-11-9-24(20-29(26)34-37-15-17-39(31)34)41-25-10-12-27-30(21-25)35-38-16-18-40(35)32-7-4-14-36-33(27)32/h1-21H. The van der Waals surface area contributed by atoms with Gasteiger partial charge in [0, 0.05) is 52.5 Å². The van der Waals surface area contributed by atoms with Crippen LogP contribution in [0.15, 0.2) is 128 Å².